The largest absolute Gasteiger partial charge is 0.471 e. The van der Waals surface area contributed by atoms with E-state index < -0.39 is 12.8 Å². The van der Waals surface area contributed by atoms with Crippen LogP contribution in [0.3, 0.4) is 0 Å². The number of para-hydroxylation sites is 2. The third-order valence-corrected chi connectivity index (χ3v) is 6.41. The maximum atomic E-state index is 12.8. The van der Waals surface area contributed by atoms with Gasteiger partial charge in [0, 0.05) is 25.8 Å². The molecule has 0 spiro atoms. The number of aliphatic imine (C=N–C) groups is 1. The van der Waals surface area contributed by atoms with Gasteiger partial charge in [-0.05, 0) is 57.4 Å². The quantitative estimate of drug-likeness (QED) is 0.223. The fourth-order valence-electron chi connectivity index (χ4n) is 4.36. The van der Waals surface area contributed by atoms with Crippen molar-refractivity contribution in [2.45, 2.75) is 59.6 Å². The molecule has 1 saturated carbocycles. The van der Waals surface area contributed by atoms with Crippen LogP contribution in [0.4, 0.5) is 13.2 Å². The van der Waals surface area contributed by atoms with Crippen LogP contribution in [0, 0.1) is 19.8 Å². The Morgan fingerprint density at radius 1 is 1.19 bits per heavy atom. The van der Waals surface area contributed by atoms with Crippen molar-refractivity contribution in [2.24, 2.45) is 18.0 Å². The van der Waals surface area contributed by atoms with E-state index in [9.17, 15) is 13.2 Å². The van der Waals surface area contributed by atoms with Gasteiger partial charge in [-0.15, -0.1) is 0 Å². The highest BCUT2D eigenvalue weighted by atomic mass is 19.4. The van der Waals surface area contributed by atoms with Crippen molar-refractivity contribution < 1.29 is 17.9 Å². The van der Waals surface area contributed by atoms with Gasteiger partial charge in [0.05, 0.1) is 22.4 Å². The molecule has 7 nitrogen and oxygen atoms in total. The topological polar surface area (TPSA) is 70.1 Å². The summed E-state index contributed by atoms with van der Waals surface area (Å²) in [5, 5.41) is 4.54. The van der Waals surface area contributed by atoms with Crippen molar-refractivity contribution in [3.05, 3.63) is 59.1 Å². The van der Waals surface area contributed by atoms with Gasteiger partial charge in [-0.1, -0.05) is 19.1 Å². The third-order valence-electron chi connectivity index (χ3n) is 6.41. The molecule has 0 radical (unpaired) electrons. The van der Waals surface area contributed by atoms with Crippen LogP contribution < -0.4 is 0 Å². The third kappa shape index (κ3) is 5.52. The molecule has 0 bridgehead atoms. The van der Waals surface area contributed by atoms with Gasteiger partial charge in [-0.3, -0.25) is 0 Å². The Morgan fingerprint density at radius 3 is 2.53 bits per heavy atom. The van der Waals surface area contributed by atoms with Gasteiger partial charge < -0.3 is 9.30 Å². The molecule has 1 aromatic carbocycles. The number of nitrogens with zero attached hydrogens (tertiary/aromatic N) is 6. The zero-order valence-corrected chi connectivity index (χ0v) is 21.4. The number of benzene rings is 1. The monoisotopic (exact) mass is 500 g/mol. The van der Waals surface area contributed by atoms with E-state index in [1.165, 1.54) is 6.92 Å². The van der Waals surface area contributed by atoms with Crippen molar-refractivity contribution >= 4 is 22.6 Å². The Balaban J connectivity index is 1.75. The van der Waals surface area contributed by atoms with E-state index in [0.29, 0.717) is 11.5 Å². The lowest BCUT2D eigenvalue weighted by molar-refractivity contribution is -0.156. The van der Waals surface area contributed by atoms with Crippen molar-refractivity contribution in [3.8, 4) is 0 Å². The summed E-state index contributed by atoms with van der Waals surface area (Å²) >= 11 is 0. The summed E-state index contributed by atoms with van der Waals surface area (Å²) < 4.78 is 47.0. The maximum absolute atomic E-state index is 12.8. The number of imidazole rings is 1. The molecular weight excluding hydrogens is 469 g/mol. The second-order valence-electron chi connectivity index (χ2n) is 9.21. The normalized spacial score (nSPS) is 19.6. The smallest absolute Gasteiger partial charge is 0.422 e. The van der Waals surface area contributed by atoms with E-state index in [1.807, 2.05) is 65.1 Å². The second-order valence-corrected chi connectivity index (χ2v) is 9.21. The minimum absolute atomic E-state index is 0.0190. The highest BCUT2D eigenvalue weighted by Crippen LogP contribution is 2.52. The number of halogens is 3. The molecule has 2 aromatic heterocycles. The van der Waals surface area contributed by atoms with Crippen LogP contribution in [0.25, 0.3) is 16.7 Å². The fourth-order valence-corrected chi connectivity index (χ4v) is 4.36. The number of alkyl halides is 3. The van der Waals surface area contributed by atoms with Crippen molar-refractivity contribution in [3.63, 3.8) is 0 Å². The summed E-state index contributed by atoms with van der Waals surface area (Å²) in [6.07, 6.45) is -0.973. The molecule has 0 saturated heterocycles. The molecule has 2 unspecified atom stereocenters. The standard InChI is InChI=1S/C26H31F3N6O/c1-7-15(2)24(35-17(4)30-16(3)33-35)13-22(31-18(5)36-14-26(27,28)29)19-12-20(19)25-32-21-10-8-9-11-23(21)34(25)6/h8-11,13,19-20H,7,12,14H2,1-6H3. The number of aryl methyl sites for hydroxylation is 3. The van der Waals surface area contributed by atoms with E-state index in [-0.39, 0.29) is 17.7 Å². The molecule has 36 heavy (non-hydrogen) atoms. The first kappa shape index (κ1) is 25.7. The van der Waals surface area contributed by atoms with Crippen LogP contribution in [-0.2, 0) is 11.8 Å². The van der Waals surface area contributed by atoms with Gasteiger partial charge in [-0.25, -0.2) is 19.6 Å². The van der Waals surface area contributed by atoms with Crippen LogP contribution in [0.1, 0.15) is 57.0 Å². The summed E-state index contributed by atoms with van der Waals surface area (Å²) in [7, 11) is 1.98. The van der Waals surface area contributed by atoms with Gasteiger partial charge in [0.2, 0.25) is 0 Å². The SMILES string of the molecule is CCC(C)=C(C=C(N=C(C)OCC(F)(F)F)C1CC1c1nc2ccccc2n1C)n1nc(C)nc1C. The molecule has 10 heteroatoms. The Labute approximate surface area is 208 Å². The minimum Gasteiger partial charge on any atom is -0.471 e. The lowest BCUT2D eigenvalue weighted by atomic mass is 10.1. The fraction of sp³-hybridized carbons (Fsp3) is 0.462. The van der Waals surface area contributed by atoms with E-state index in [0.717, 1.165) is 46.8 Å². The van der Waals surface area contributed by atoms with E-state index in [4.69, 9.17) is 9.72 Å². The van der Waals surface area contributed by atoms with Crippen molar-refractivity contribution in [2.75, 3.05) is 6.61 Å². The van der Waals surface area contributed by atoms with Crippen LogP contribution in [0.5, 0.6) is 0 Å². The number of aromatic nitrogens is 5. The number of fused-ring (bicyclic) bond motifs is 1. The number of rotatable bonds is 7. The molecule has 0 amide bonds. The lowest BCUT2D eigenvalue weighted by Crippen LogP contribution is -2.19. The molecule has 2 heterocycles. The Hall–Kier alpha value is -3.43. The zero-order chi connectivity index (χ0) is 26.2. The number of allylic oxidation sites excluding steroid dienone is 4. The summed E-state index contributed by atoms with van der Waals surface area (Å²) in [6.45, 7) is 7.81. The summed E-state index contributed by atoms with van der Waals surface area (Å²) in [5.74, 6) is 2.34. The molecule has 1 aliphatic carbocycles. The average Bonchev–Trinajstić information content (AvgIpc) is 3.44. The van der Waals surface area contributed by atoms with E-state index in [1.54, 1.807) is 4.68 Å². The van der Waals surface area contributed by atoms with Gasteiger partial charge in [0.15, 0.2) is 12.5 Å². The summed E-state index contributed by atoms with van der Waals surface area (Å²) in [6, 6.07) is 7.92. The highest BCUT2D eigenvalue weighted by Gasteiger charge is 2.44. The summed E-state index contributed by atoms with van der Waals surface area (Å²) in [4.78, 5) is 13.8. The molecule has 1 aliphatic rings. The highest BCUT2D eigenvalue weighted by molar-refractivity contribution is 5.77. The zero-order valence-electron chi connectivity index (χ0n) is 21.4. The molecule has 4 rings (SSSR count). The molecular formula is C26H31F3N6O. The first-order valence-corrected chi connectivity index (χ1v) is 12.0. The number of hydrogen-bond donors (Lipinski definition) is 0. The lowest BCUT2D eigenvalue weighted by Gasteiger charge is -2.13. The molecule has 192 valence electrons. The molecule has 0 aliphatic heterocycles. The second kappa shape index (κ2) is 9.91. The van der Waals surface area contributed by atoms with Gasteiger partial charge in [0.25, 0.3) is 0 Å². The molecule has 3 aromatic rings. The van der Waals surface area contributed by atoms with Gasteiger partial charge in [-0.2, -0.15) is 18.3 Å². The molecule has 2 atom stereocenters. The predicted molar refractivity (Wildman–Crippen MR) is 133 cm³/mol. The van der Waals surface area contributed by atoms with Gasteiger partial charge in [0.1, 0.15) is 17.5 Å². The van der Waals surface area contributed by atoms with Gasteiger partial charge >= 0.3 is 6.18 Å². The minimum atomic E-state index is -4.44. The predicted octanol–water partition coefficient (Wildman–Crippen LogP) is 6.11. The van der Waals surface area contributed by atoms with Crippen LogP contribution in [0.15, 0.2) is 46.6 Å². The summed E-state index contributed by atoms with van der Waals surface area (Å²) in [5.41, 5.74) is 4.46. The van der Waals surface area contributed by atoms with E-state index >= 15 is 0 Å². The number of ether oxygens (including phenoxy) is 1. The Kier molecular flexibility index (Phi) is 7.06. The first-order valence-electron chi connectivity index (χ1n) is 12.0. The Morgan fingerprint density at radius 2 is 1.92 bits per heavy atom. The maximum Gasteiger partial charge on any atom is 0.422 e. The first-order chi connectivity index (χ1) is 17.0. The Bertz CT molecular complexity index is 1360. The van der Waals surface area contributed by atoms with Crippen molar-refractivity contribution in [1.82, 2.24) is 24.3 Å². The van der Waals surface area contributed by atoms with Crippen molar-refractivity contribution in [1.29, 1.82) is 0 Å². The molecule has 1 fully saturated rings. The molecule has 0 N–H and O–H groups in total. The van der Waals surface area contributed by atoms with Crippen LogP contribution in [-0.4, -0.2) is 43.0 Å². The number of hydrogen-bond acceptors (Lipinski definition) is 5. The van der Waals surface area contributed by atoms with Crippen LogP contribution in [0.2, 0.25) is 0 Å². The van der Waals surface area contributed by atoms with Crippen LogP contribution >= 0.6 is 0 Å². The van der Waals surface area contributed by atoms with E-state index in [2.05, 4.69) is 19.6 Å². The average molecular weight is 501 g/mol.